The Morgan fingerprint density at radius 2 is 2.24 bits per heavy atom. The molecule has 0 saturated heterocycles. The second-order valence-electron chi connectivity index (χ2n) is 4.92. The molecule has 0 radical (unpaired) electrons. The van der Waals surface area contributed by atoms with Crippen LogP contribution in [0.4, 0.5) is 5.82 Å². The maximum absolute atomic E-state index is 10.1. The number of ether oxygens (including phenoxy) is 1. The third-order valence-corrected chi connectivity index (χ3v) is 4.37. The van der Waals surface area contributed by atoms with Crippen LogP contribution in [0.3, 0.4) is 0 Å². The molecule has 0 aliphatic carbocycles. The number of nitrogens with zero attached hydrogens (tertiary/aromatic N) is 3. The van der Waals surface area contributed by atoms with Gasteiger partial charge in [0.05, 0.1) is 13.7 Å². The summed E-state index contributed by atoms with van der Waals surface area (Å²) in [5.41, 5.74) is 7.88. The molecule has 0 aliphatic rings. The van der Waals surface area contributed by atoms with Crippen molar-refractivity contribution in [2.24, 2.45) is 4.99 Å². The molecule has 0 atom stereocenters. The number of benzene rings is 1. The Hall–Kier alpha value is -2.76. The first-order valence-corrected chi connectivity index (χ1v) is 8.32. The van der Waals surface area contributed by atoms with Gasteiger partial charge in [-0.25, -0.2) is 4.98 Å². The van der Waals surface area contributed by atoms with E-state index in [4.69, 9.17) is 15.6 Å². The molecular formula is C17H18N4O3S. The van der Waals surface area contributed by atoms with Crippen LogP contribution in [0.2, 0.25) is 0 Å². The van der Waals surface area contributed by atoms with Crippen LogP contribution in [0.25, 0.3) is 11.1 Å². The standard InChI is InChI=1S/C17H18N4O3S/c1-20-9-12-15(10-3-4-14(24-2)13(23)7-10)11(8-18)16(19)21-17(12)25-6-5-22/h3-4,7,9,22-23H,5-6H2,1-2H3,(H2,19,21). The van der Waals surface area contributed by atoms with Gasteiger partial charge >= 0.3 is 0 Å². The van der Waals surface area contributed by atoms with E-state index in [1.165, 1.54) is 24.9 Å². The Morgan fingerprint density at radius 1 is 1.48 bits per heavy atom. The number of rotatable bonds is 6. The number of hydrogen-bond donors (Lipinski definition) is 3. The van der Waals surface area contributed by atoms with Gasteiger partial charge in [0.2, 0.25) is 0 Å². The van der Waals surface area contributed by atoms with Gasteiger partial charge < -0.3 is 20.7 Å². The molecule has 0 amide bonds. The number of hydrogen-bond acceptors (Lipinski definition) is 8. The van der Waals surface area contributed by atoms with E-state index >= 15 is 0 Å². The predicted molar refractivity (Wildman–Crippen MR) is 98.3 cm³/mol. The third-order valence-electron chi connectivity index (χ3n) is 3.40. The number of aromatic hydroxyl groups is 1. The van der Waals surface area contributed by atoms with Gasteiger partial charge in [0.15, 0.2) is 11.5 Å². The number of nitrogens with two attached hydrogens (primary N) is 1. The lowest BCUT2D eigenvalue weighted by molar-refractivity contribution is 0.322. The van der Waals surface area contributed by atoms with Gasteiger partial charge in [-0.3, -0.25) is 4.99 Å². The number of aliphatic hydroxyl groups excluding tert-OH is 1. The van der Waals surface area contributed by atoms with Crippen LogP contribution >= 0.6 is 11.8 Å². The van der Waals surface area contributed by atoms with Crippen molar-refractivity contribution in [3.05, 3.63) is 29.3 Å². The first-order valence-electron chi connectivity index (χ1n) is 7.34. The summed E-state index contributed by atoms with van der Waals surface area (Å²) in [4.78, 5) is 8.31. The zero-order valence-corrected chi connectivity index (χ0v) is 14.7. The summed E-state index contributed by atoms with van der Waals surface area (Å²) in [7, 11) is 3.07. The van der Waals surface area contributed by atoms with E-state index < -0.39 is 0 Å². The number of phenolic OH excluding ortho intramolecular Hbond substituents is 1. The summed E-state index contributed by atoms with van der Waals surface area (Å²) in [6.45, 7) is -0.0202. The number of nitriles is 1. The average Bonchev–Trinajstić information content (AvgIpc) is 2.61. The number of methoxy groups -OCH3 is 1. The number of thioether (sulfide) groups is 1. The molecule has 7 nitrogen and oxygen atoms in total. The Kier molecular flexibility index (Phi) is 6.22. The molecule has 130 valence electrons. The van der Waals surface area contributed by atoms with Crippen LogP contribution in [-0.2, 0) is 0 Å². The molecular weight excluding hydrogens is 340 g/mol. The molecule has 1 heterocycles. The Bertz CT molecular complexity index is 847. The summed E-state index contributed by atoms with van der Waals surface area (Å²) in [6.07, 6.45) is 1.59. The van der Waals surface area contributed by atoms with Crippen molar-refractivity contribution < 1.29 is 14.9 Å². The van der Waals surface area contributed by atoms with Gasteiger partial charge in [0.25, 0.3) is 0 Å². The molecule has 0 unspecified atom stereocenters. The average molecular weight is 358 g/mol. The molecule has 1 aromatic carbocycles. The van der Waals surface area contributed by atoms with Gasteiger partial charge in [-0.1, -0.05) is 6.07 Å². The number of aliphatic hydroxyl groups is 1. The molecule has 1 aromatic heterocycles. The molecule has 8 heteroatoms. The molecule has 0 bridgehead atoms. The predicted octanol–water partition coefficient (Wildman–Crippen LogP) is 2.05. The molecule has 0 saturated carbocycles. The monoisotopic (exact) mass is 358 g/mol. The zero-order valence-electron chi connectivity index (χ0n) is 13.9. The minimum Gasteiger partial charge on any atom is -0.504 e. The van der Waals surface area contributed by atoms with E-state index in [9.17, 15) is 10.4 Å². The topological polar surface area (TPSA) is 125 Å². The van der Waals surface area contributed by atoms with Crippen molar-refractivity contribution in [3.8, 4) is 28.7 Å². The van der Waals surface area contributed by atoms with Gasteiger partial charge in [-0.2, -0.15) is 5.26 Å². The fourth-order valence-electron chi connectivity index (χ4n) is 2.35. The number of aromatic nitrogens is 1. The zero-order chi connectivity index (χ0) is 18.4. The highest BCUT2D eigenvalue weighted by Crippen LogP contribution is 2.38. The summed E-state index contributed by atoms with van der Waals surface area (Å²) in [6, 6.07) is 6.90. The maximum atomic E-state index is 10.1. The molecule has 25 heavy (non-hydrogen) atoms. The Balaban J connectivity index is 2.79. The second kappa shape index (κ2) is 8.37. The molecule has 0 aliphatic heterocycles. The Morgan fingerprint density at radius 3 is 2.80 bits per heavy atom. The van der Waals surface area contributed by atoms with Crippen molar-refractivity contribution in [1.29, 1.82) is 5.26 Å². The summed E-state index contributed by atoms with van der Waals surface area (Å²) >= 11 is 1.31. The second-order valence-corrected chi connectivity index (χ2v) is 6.01. The number of nitrogen functional groups attached to an aromatic ring is 1. The van der Waals surface area contributed by atoms with E-state index in [0.29, 0.717) is 33.2 Å². The van der Waals surface area contributed by atoms with E-state index in [1.807, 2.05) is 0 Å². The van der Waals surface area contributed by atoms with E-state index in [1.54, 1.807) is 25.4 Å². The van der Waals surface area contributed by atoms with Crippen molar-refractivity contribution >= 4 is 23.8 Å². The lowest BCUT2D eigenvalue weighted by atomic mass is 9.96. The number of anilines is 1. The van der Waals surface area contributed by atoms with Crippen LogP contribution < -0.4 is 10.5 Å². The summed E-state index contributed by atoms with van der Waals surface area (Å²) < 4.78 is 5.06. The maximum Gasteiger partial charge on any atom is 0.160 e. The quantitative estimate of drug-likeness (QED) is 0.533. The van der Waals surface area contributed by atoms with Crippen molar-refractivity contribution in [1.82, 2.24) is 4.98 Å². The molecule has 0 spiro atoms. The van der Waals surface area contributed by atoms with Crippen LogP contribution in [0.5, 0.6) is 11.5 Å². The third kappa shape index (κ3) is 3.84. The minimum atomic E-state index is -0.0526. The Labute approximate surface area is 149 Å². The van der Waals surface area contributed by atoms with Crippen LogP contribution in [0, 0.1) is 11.3 Å². The smallest absolute Gasteiger partial charge is 0.160 e. The molecule has 2 aromatic rings. The summed E-state index contributed by atoms with van der Waals surface area (Å²) in [5.74, 6) is 0.783. The van der Waals surface area contributed by atoms with Crippen molar-refractivity contribution in [2.45, 2.75) is 5.03 Å². The molecule has 4 N–H and O–H groups in total. The normalized spacial score (nSPS) is 10.8. The fraction of sp³-hybridized carbons (Fsp3) is 0.235. The first kappa shape index (κ1) is 18.6. The van der Waals surface area contributed by atoms with Crippen LogP contribution in [0.1, 0.15) is 11.1 Å². The number of pyridine rings is 1. The lowest BCUT2D eigenvalue weighted by Gasteiger charge is -2.15. The highest BCUT2D eigenvalue weighted by Gasteiger charge is 2.20. The molecule has 0 fully saturated rings. The highest BCUT2D eigenvalue weighted by atomic mass is 32.2. The number of phenols is 1. The van der Waals surface area contributed by atoms with Gasteiger partial charge in [-0.15, -0.1) is 11.8 Å². The summed E-state index contributed by atoms with van der Waals surface area (Å²) in [5, 5.41) is 29.3. The van der Waals surface area contributed by atoms with E-state index in [2.05, 4.69) is 16.0 Å². The SMILES string of the molecule is CN=Cc1c(SCCO)nc(N)c(C#N)c1-c1ccc(OC)c(O)c1. The van der Waals surface area contributed by atoms with Crippen LogP contribution in [0.15, 0.2) is 28.2 Å². The van der Waals surface area contributed by atoms with E-state index in [-0.39, 0.29) is 23.7 Å². The van der Waals surface area contributed by atoms with Crippen molar-refractivity contribution in [3.63, 3.8) is 0 Å². The van der Waals surface area contributed by atoms with Crippen molar-refractivity contribution in [2.75, 3.05) is 32.3 Å². The first-order chi connectivity index (χ1) is 12.1. The van der Waals surface area contributed by atoms with Gasteiger partial charge in [0.1, 0.15) is 22.5 Å². The highest BCUT2D eigenvalue weighted by molar-refractivity contribution is 7.99. The minimum absolute atomic E-state index is 0.0202. The van der Waals surface area contributed by atoms with Gasteiger partial charge in [-0.05, 0) is 17.7 Å². The number of aliphatic imine (C=N–C) groups is 1. The van der Waals surface area contributed by atoms with E-state index in [0.717, 1.165) is 0 Å². The van der Waals surface area contributed by atoms with Crippen LogP contribution in [-0.4, -0.2) is 47.9 Å². The van der Waals surface area contributed by atoms with Gasteiger partial charge in [0, 0.05) is 30.1 Å². The molecule has 2 rings (SSSR count). The fourth-order valence-corrected chi connectivity index (χ4v) is 3.11. The lowest BCUT2D eigenvalue weighted by Crippen LogP contribution is -2.05. The largest absolute Gasteiger partial charge is 0.504 e.